The monoisotopic (exact) mass is 280 g/mol. The lowest BCUT2D eigenvalue weighted by molar-refractivity contribution is -0.132. The molecule has 2 aliphatic rings. The van der Waals surface area contributed by atoms with E-state index in [2.05, 4.69) is 22.4 Å². The van der Waals surface area contributed by atoms with Crippen LogP contribution in [0.15, 0.2) is 48.8 Å². The Labute approximate surface area is 123 Å². The second-order valence-electron chi connectivity index (χ2n) is 5.78. The summed E-state index contributed by atoms with van der Waals surface area (Å²) < 4.78 is 5.92. The largest absolute Gasteiger partial charge is 0.373 e. The first-order valence-corrected chi connectivity index (χ1v) is 7.19. The van der Waals surface area contributed by atoms with E-state index in [1.54, 1.807) is 12.4 Å². The van der Waals surface area contributed by atoms with E-state index in [0.717, 1.165) is 24.1 Å². The van der Waals surface area contributed by atoms with Gasteiger partial charge in [0, 0.05) is 6.20 Å². The van der Waals surface area contributed by atoms with Gasteiger partial charge in [0.05, 0.1) is 30.0 Å². The summed E-state index contributed by atoms with van der Waals surface area (Å²) in [7, 11) is 0. The van der Waals surface area contributed by atoms with Gasteiger partial charge < -0.3 is 10.1 Å². The molecule has 1 amide bonds. The van der Waals surface area contributed by atoms with Crippen molar-refractivity contribution in [2.45, 2.75) is 31.0 Å². The summed E-state index contributed by atoms with van der Waals surface area (Å²) in [5.41, 5.74) is 2.70. The predicted molar refractivity (Wildman–Crippen MR) is 78.8 cm³/mol. The van der Waals surface area contributed by atoms with E-state index in [9.17, 15) is 4.79 Å². The van der Waals surface area contributed by atoms with Gasteiger partial charge in [-0.1, -0.05) is 30.3 Å². The van der Waals surface area contributed by atoms with Crippen LogP contribution in [0, 0.1) is 0 Å². The first kappa shape index (κ1) is 12.5. The number of carbonyl (C=O) groups excluding carboxylic acids is 1. The van der Waals surface area contributed by atoms with Crippen molar-refractivity contribution in [3.05, 3.63) is 59.9 Å². The van der Waals surface area contributed by atoms with Crippen LogP contribution in [0.1, 0.15) is 24.0 Å². The van der Waals surface area contributed by atoms with Gasteiger partial charge in [0.2, 0.25) is 5.91 Å². The summed E-state index contributed by atoms with van der Waals surface area (Å²) >= 11 is 0. The lowest BCUT2D eigenvalue weighted by Gasteiger charge is -2.43. The maximum atomic E-state index is 12.3. The first-order chi connectivity index (χ1) is 10.3. The highest BCUT2D eigenvalue weighted by atomic mass is 16.5. The summed E-state index contributed by atoms with van der Waals surface area (Å²) in [5, 5.41) is 2.93. The van der Waals surface area contributed by atoms with E-state index in [-0.39, 0.29) is 17.4 Å². The summed E-state index contributed by atoms with van der Waals surface area (Å²) in [6.07, 6.45) is 5.12. The Bertz CT molecular complexity index is 678. The molecule has 0 atom stereocenters. The van der Waals surface area contributed by atoms with Crippen molar-refractivity contribution in [1.29, 1.82) is 0 Å². The van der Waals surface area contributed by atoms with Crippen molar-refractivity contribution in [2.75, 3.05) is 5.32 Å². The van der Waals surface area contributed by atoms with Crippen LogP contribution in [0.3, 0.4) is 0 Å². The summed E-state index contributed by atoms with van der Waals surface area (Å²) in [5.74, 6) is 0.0880. The van der Waals surface area contributed by atoms with E-state index >= 15 is 0 Å². The molecule has 1 fully saturated rings. The van der Waals surface area contributed by atoms with Crippen LogP contribution in [0.4, 0.5) is 5.69 Å². The Kier molecular flexibility index (Phi) is 2.79. The lowest BCUT2D eigenvalue weighted by Crippen LogP contribution is -2.50. The van der Waals surface area contributed by atoms with Crippen LogP contribution >= 0.6 is 0 Å². The van der Waals surface area contributed by atoms with Gasteiger partial charge in [-0.3, -0.25) is 9.78 Å². The number of aromatic nitrogens is 1. The molecular weight excluding hydrogens is 264 g/mol. The van der Waals surface area contributed by atoms with Gasteiger partial charge in [-0.05, 0) is 30.0 Å². The highest BCUT2D eigenvalue weighted by molar-refractivity contribution is 6.06. The fraction of sp³-hybridized carbons (Fsp3) is 0.294. The van der Waals surface area contributed by atoms with E-state index < -0.39 is 0 Å². The third kappa shape index (κ3) is 1.94. The molecule has 1 aromatic heterocycles. The molecule has 1 saturated carbocycles. The van der Waals surface area contributed by atoms with Crippen LogP contribution in [-0.2, 0) is 21.6 Å². The van der Waals surface area contributed by atoms with Gasteiger partial charge in [-0.25, -0.2) is 0 Å². The van der Waals surface area contributed by atoms with Crippen molar-refractivity contribution in [2.24, 2.45) is 0 Å². The number of fused-ring (bicyclic) bond motifs is 2. The van der Waals surface area contributed by atoms with E-state index in [1.165, 1.54) is 5.56 Å². The Morgan fingerprint density at radius 1 is 1.24 bits per heavy atom. The molecule has 0 unspecified atom stereocenters. The van der Waals surface area contributed by atoms with Crippen LogP contribution in [0.25, 0.3) is 0 Å². The van der Waals surface area contributed by atoms with Crippen molar-refractivity contribution in [3.63, 3.8) is 0 Å². The van der Waals surface area contributed by atoms with Gasteiger partial charge in [0.15, 0.2) is 0 Å². The third-order valence-corrected chi connectivity index (χ3v) is 4.50. The Hall–Kier alpha value is -2.20. The molecule has 1 aliphatic heterocycles. The number of pyridine rings is 1. The molecule has 2 aromatic rings. The van der Waals surface area contributed by atoms with Gasteiger partial charge in [-0.15, -0.1) is 0 Å². The quantitative estimate of drug-likeness (QED) is 0.940. The average Bonchev–Trinajstić information content (AvgIpc) is 2.77. The minimum Gasteiger partial charge on any atom is -0.373 e. The van der Waals surface area contributed by atoms with E-state index in [4.69, 9.17) is 4.74 Å². The van der Waals surface area contributed by atoms with Crippen molar-refractivity contribution < 1.29 is 9.53 Å². The fourth-order valence-corrected chi connectivity index (χ4v) is 3.30. The van der Waals surface area contributed by atoms with Crippen molar-refractivity contribution in [1.82, 2.24) is 4.98 Å². The zero-order valence-corrected chi connectivity index (χ0v) is 11.6. The summed E-state index contributed by atoms with van der Waals surface area (Å²) in [6, 6.07) is 12.1. The SMILES string of the molecule is O=C1Nc2cnccc2C12CC(OCc1ccccc1)C2. The zero-order valence-electron chi connectivity index (χ0n) is 11.6. The molecule has 2 heterocycles. The fourth-order valence-electron chi connectivity index (χ4n) is 3.30. The minimum atomic E-state index is -0.389. The predicted octanol–water partition coefficient (Wildman–Crippen LogP) is 2.65. The van der Waals surface area contributed by atoms with Crippen LogP contribution in [0.2, 0.25) is 0 Å². The number of benzene rings is 1. The molecule has 1 aliphatic carbocycles. The van der Waals surface area contributed by atoms with Crippen LogP contribution < -0.4 is 5.32 Å². The Balaban J connectivity index is 1.44. The molecule has 106 valence electrons. The second-order valence-corrected chi connectivity index (χ2v) is 5.78. The van der Waals surface area contributed by atoms with Gasteiger partial charge in [-0.2, -0.15) is 0 Å². The maximum Gasteiger partial charge on any atom is 0.235 e. The number of carbonyl (C=O) groups is 1. The summed E-state index contributed by atoms with van der Waals surface area (Å²) in [6.45, 7) is 0.604. The van der Waals surface area contributed by atoms with Crippen LogP contribution in [0.5, 0.6) is 0 Å². The lowest BCUT2D eigenvalue weighted by atomic mass is 9.63. The number of nitrogens with zero attached hydrogens (tertiary/aromatic N) is 1. The number of amides is 1. The Morgan fingerprint density at radius 3 is 2.86 bits per heavy atom. The number of anilines is 1. The molecule has 4 rings (SSSR count). The van der Waals surface area contributed by atoms with Gasteiger partial charge in [0.1, 0.15) is 0 Å². The molecule has 4 heteroatoms. The smallest absolute Gasteiger partial charge is 0.235 e. The van der Waals surface area contributed by atoms with Crippen molar-refractivity contribution >= 4 is 11.6 Å². The van der Waals surface area contributed by atoms with E-state index in [1.807, 2.05) is 24.3 Å². The maximum absolute atomic E-state index is 12.3. The molecule has 21 heavy (non-hydrogen) atoms. The molecular formula is C17H16N2O2. The first-order valence-electron chi connectivity index (χ1n) is 7.19. The minimum absolute atomic E-state index is 0.0880. The third-order valence-electron chi connectivity index (χ3n) is 4.50. The number of hydrogen-bond acceptors (Lipinski definition) is 3. The topological polar surface area (TPSA) is 51.2 Å². The second kappa shape index (κ2) is 4.67. The molecule has 1 N–H and O–H groups in total. The number of rotatable bonds is 3. The van der Waals surface area contributed by atoms with E-state index in [0.29, 0.717) is 6.61 Å². The number of nitrogens with one attached hydrogen (secondary N) is 1. The molecule has 1 spiro atoms. The molecule has 0 bridgehead atoms. The normalized spacial score (nSPS) is 26.3. The van der Waals surface area contributed by atoms with Gasteiger partial charge >= 0.3 is 0 Å². The van der Waals surface area contributed by atoms with Crippen molar-refractivity contribution in [3.8, 4) is 0 Å². The molecule has 0 radical (unpaired) electrons. The zero-order chi connectivity index (χ0) is 14.3. The molecule has 1 aromatic carbocycles. The highest BCUT2D eigenvalue weighted by Crippen LogP contribution is 2.51. The van der Waals surface area contributed by atoms with Gasteiger partial charge in [0.25, 0.3) is 0 Å². The number of ether oxygens (including phenoxy) is 1. The van der Waals surface area contributed by atoms with Crippen LogP contribution in [-0.4, -0.2) is 17.0 Å². The Morgan fingerprint density at radius 2 is 2.05 bits per heavy atom. The standard InChI is InChI=1S/C17H16N2O2/c20-16-17(14-6-7-18-10-15(14)19-16)8-13(9-17)21-11-12-4-2-1-3-5-12/h1-7,10,13H,8-9,11H2,(H,19,20). The highest BCUT2D eigenvalue weighted by Gasteiger charge is 2.56. The average molecular weight is 280 g/mol. The summed E-state index contributed by atoms with van der Waals surface area (Å²) in [4.78, 5) is 16.3. The number of hydrogen-bond donors (Lipinski definition) is 1. The molecule has 4 nitrogen and oxygen atoms in total. The molecule has 0 saturated heterocycles.